The predicted molar refractivity (Wildman–Crippen MR) is 93.1 cm³/mol. The zero-order chi connectivity index (χ0) is 16.6. The zero-order valence-corrected chi connectivity index (χ0v) is 15.4. The van der Waals surface area contributed by atoms with Crippen LogP contribution in [-0.4, -0.2) is 26.3 Å². The summed E-state index contributed by atoms with van der Waals surface area (Å²) in [6.07, 6.45) is 14.5. The van der Waals surface area contributed by atoms with Gasteiger partial charge in [0.05, 0.1) is 13.2 Å². The molecule has 0 amide bonds. The molecule has 0 aromatic carbocycles. The molecule has 3 heteroatoms. The van der Waals surface area contributed by atoms with Crippen molar-refractivity contribution in [1.29, 1.82) is 0 Å². The molecule has 0 fully saturated rings. The Labute approximate surface area is 138 Å². The van der Waals surface area contributed by atoms with Gasteiger partial charge in [-0.25, -0.2) is 0 Å². The summed E-state index contributed by atoms with van der Waals surface area (Å²) >= 11 is 0. The van der Waals surface area contributed by atoms with Crippen LogP contribution in [0.1, 0.15) is 90.9 Å². The van der Waals surface area contributed by atoms with E-state index < -0.39 is 0 Å². The summed E-state index contributed by atoms with van der Waals surface area (Å²) < 4.78 is 10.3. The Morgan fingerprint density at radius 1 is 0.864 bits per heavy atom. The van der Waals surface area contributed by atoms with E-state index >= 15 is 0 Å². The van der Waals surface area contributed by atoms with Gasteiger partial charge in [0.25, 0.3) is 0 Å². The van der Waals surface area contributed by atoms with Gasteiger partial charge in [-0.3, -0.25) is 4.79 Å². The standard InChI is InChI=1S/C19H38O3/c1-5-6-7-11-14-17(2)18(21-3)15-12-9-8-10-13-16-19(20)22-4/h17-18H,5-16H2,1-4H3. The molecule has 0 radical (unpaired) electrons. The smallest absolute Gasteiger partial charge is 0.305 e. The highest BCUT2D eigenvalue weighted by Crippen LogP contribution is 2.21. The van der Waals surface area contributed by atoms with Crippen LogP contribution in [0.25, 0.3) is 0 Å². The third kappa shape index (κ3) is 12.0. The van der Waals surface area contributed by atoms with Crippen molar-refractivity contribution in [2.24, 2.45) is 5.92 Å². The average molecular weight is 315 g/mol. The fourth-order valence-electron chi connectivity index (χ4n) is 2.96. The number of hydrogen-bond donors (Lipinski definition) is 0. The molecule has 0 aromatic rings. The highest BCUT2D eigenvalue weighted by atomic mass is 16.5. The molecule has 2 atom stereocenters. The van der Waals surface area contributed by atoms with E-state index in [2.05, 4.69) is 18.6 Å². The summed E-state index contributed by atoms with van der Waals surface area (Å²) in [6, 6.07) is 0. The lowest BCUT2D eigenvalue weighted by molar-refractivity contribution is -0.140. The van der Waals surface area contributed by atoms with E-state index in [4.69, 9.17) is 4.74 Å². The Balaban J connectivity index is 3.57. The highest BCUT2D eigenvalue weighted by molar-refractivity contribution is 5.68. The van der Waals surface area contributed by atoms with E-state index in [-0.39, 0.29) is 5.97 Å². The first-order chi connectivity index (χ1) is 10.7. The van der Waals surface area contributed by atoms with Crippen molar-refractivity contribution < 1.29 is 14.3 Å². The Morgan fingerprint density at radius 3 is 2.09 bits per heavy atom. The number of carbonyl (C=O) groups excluding carboxylic acids is 1. The molecule has 0 aliphatic carbocycles. The zero-order valence-electron chi connectivity index (χ0n) is 15.4. The maximum atomic E-state index is 11.0. The summed E-state index contributed by atoms with van der Waals surface area (Å²) in [5.74, 6) is 0.581. The van der Waals surface area contributed by atoms with E-state index in [1.807, 2.05) is 7.11 Å². The lowest BCUT2D eigenvalue weighted by Crippen LogP contribution is -2.20. The van der Waals surface area contributed by atoms with Crippen LogP contribution >= 0.6 is 0 Å². The summed E-state index contributed by atoms with van der Waals surface area (Å²) in [4.78, 5) is 11.0. The van der Waals surface area contributed by atoms with E-state index in [0.717, 1.165) is 12.8 Å². The Hall–Kier alpha value is -0.570. The van der Waals surface area contributed by atoms with Crippen LogP contribution in [0.4, 0.5) is 0 Å². The molecule has 0 aliphatic rings. The van der Waals surface area contributed by atoms with Gasteiger partial charge in [0.2, 0.25) is 0 Å². The topological polar surface area (TPSA) is 35.5 Å². The van der Waals surface area contributed by atoms with Gasteiger partial charge < -0.3 is 9.47 Å². The summed E-state index contributed by atoms with van der Waals surface area (Å²) in [7, 11) is 3.31. The SMILES string of the molecule is CCCCCCC(C)C(CCCCCCCC(=O)OC)OC. The van der Waals surface area contributed by atoms with Gasteiger partial charge in [-0.1, -0.05) is 65.2 Å². The predicted octanol–water partition coefficient (Wildman–Crippen LogP) is 5.51. The van der Waals surface area contributed by atoms with Gasteiger partial charge in [0, 0.05) is 13.5 Å². The van der Waals surface area contributed by atoms with Gasteiger partial charge in [-0.2, -0.15) is 0 Å². The molecule has 132 valence electrons. The molecule has 0 aromatic heterocycles. The van der Waals surface area contributed by atoms with Crippen LogP contribution < -0.4 is 0 Å². The second-order valence-electron chi connectivity index (χ2n) is 6.48. The Morgan fingerprint density at radius 2 is 1.45 bits per heavy atom. The molecule has 0 bridgehead atoms. The van der Waals surface area contributed by atoms with Crippen molar-refractivity contribution in [3.8, 4) is 0 Å². The quantitative estimate of drug-likeness (QED) is 0.295. The highest BCUT2D eigenvalue weighted by Gasteiger charge is 2.15. The van der Waals surface area contributed by atoms with Crippen LogP contribution in [0.5, 0.6) is 0 Å². The number of hydrogen-bond acceptors (Lipinski definition) is 3. The fourth-order valence-corrected chi connectivity index (χ4v) is 2.96. The molecular formula is C19H38O3. The maximum Gasteiger partial charge on any atom is 0.305 e. The normalized spacial score (nSPS) is 13.8. The lowest BCUT2D eigenvalue weighted by atomic mass is 9.93. The van der Waals surface area contributed by atoms with Crippen LogP contribution in [0, 0.1) is 5.92 Å². The van der Waals surface area contributed by atoms with Crippen molar-refractivity contribution in [2.45, 2.75) is 97.0 Å². The van der Waals surface area contributed by atoms with Crippen molar-refractivity contribution in [1.82, 2.24) is 0 Å². The number of methoxy groups -OCH3 is 2. The van der Waals surface area contributed by atoms with Gasteiger partial charge in [-0.05, 0) is 25.2 Å². The molecule has 22 heavy (non-hydrogen) atoms. The van der Waals surface area contributed by atoms with Crippen LogP contribution in [-0.2, 0) is 14.3 Å². The number of rotatable bonds is 15. The second-order valence-corrected chi connectivity index (χ2v) is 6.48. The third-order valence-electron chi connectivity index (χ3n) is 4.55. The molecular weight excluding hydrogens is 276 g/mol. The fraction of sp³-hybridized carbons (Fsp3) is 0.947. The second kappa shape index (κ2) is 15.3. The number of unbranched alkanes of at least 4 members (excludes halogenated alkanes) is 7. The largest absolute Gasteiger partial charge is 0.469 e. The molecule has 0 N–H and O–H groups in total. The molecule has 0 saturated heterocycles. The third-order valence-corrected chi connectivity index (χ3v) is 4.55. The minimum atomic E-state index is -0.0867. The first-order valence-electron chi connectivity index (χ1n) is 9.25. The van der Waals surface area contributed by atoms with E-state index in [1.54, 1.807) is 0 Å². The van der Waals surface area contributed by atoms with E-state index in [1.165, 1.54) is 64.9 Å². The van der Waals surface area contributed by atoms with Crippen molar-refractivity contribution in [2.75, 3.05) is 14.2 Å². The van der Waals surface area contributed by atoms with Crippen LogP contribution in [0.15, 0.2) is 0 Å². The van der Waals surface area contributed by atoms with Gasteiger partial charge in [-0.15, -0.1) is 0 Å². The van der Waals surface area contributed by atoms with E-state index in [0.29, 0.717) is 18.4 Å². The first-order valence-corrected chi connectivity index (χ1v) is 9.25. The Bertz CT molecular complexity index is 253. The van der Waals surface area contributed by atoms with E-state index in [9.17, 15) is 4.79 Å². The molecule has 0 rings (SSSR count). The summed E-state index contributed by atoms with van der Waals surface area (Å²) in [5, 5.41) is 0. The number of esters is 1. The number of ether oxygens (including phenoxy) is 2. The van der Waals surface area contributed by atoms with Gasteiger partial charge in [0.1, 0.15) is 0 Å². The minimum absolute atomic E-state index is 0.0867. The van der Waals surface area contributed by atoms with Gasteiger partial charge >= 0.3 is 5.97 Å². The molecule has 3 nitrogen and oxygen atoms in total. The molecule has 0 heterocycles. The van der Waals surface area contributed by atoms with Crippen molar-refractivity contribution in [3.05, 3.63) is 0 Å². The minimum Gasteiger partial charge on any atom is -0.469 e. The molecule has 0 saturated carbocycles. The Kier molecular flexibility index (Phi) is 14.9. The number of carbonyl (C=O) groups is 1. The van der Waals surface area contributed by atoms with Crippen LogP contribution in [0.3, 0.4) is 0 Å². The summed E-state index contributed by atoms with van der Waals surface area (Å²) in [6.45, 7) is 4.59. The maximum absolute atomic E-state index is 11.0. The first kappa shape index (κ1) is 21.4. The monoisotopic (exact) mass is 314 g/mol. The molecule has 0 aliphatic heterocycles. The molecule has 2 unspecified atom stereocenters. The van der Waals surface area contributed by atoms with Crippen molar-refractivity contribution in [3.63, 3.8) is 0 Å². The summed E-state index contributed by atoms with van der Waals surface area (Å²) in [5.41, 5.74) is 0. The van der Waals surface area contributed by atoms with Crippen LogP contribution in [0.2, 0.25) is 0 Å². The lowest BCUT2D eigenvalue weighted by Gasteiger charge is -2.22. The van der Waals surface area contributed by atoms with Crippen molar-refractivity contribution >= 4 is 5.97 Å². The average Bonchev–Trinajstić information content (AvgIpc) is 2.53. The van der Waals surface area contributed by atoms with Gasteiger partial charge in [0.15, 0.2) is 0 Å². The molecule has 0 spiro atoms.